The fourth-order valence-electron chi connectivity index (χ4n) is 0.777. The van der Waals surface area contributed by atoms with E-state index in [1.54, 1.807) is 6.92 Å². The molecule has 0 aliphatic carbocycles. The van der Waals surface area contributed by atoms with E-state index in [2.05, 4.69) is 22.4 Å². The smallest absolute Gasteiger partial charge is 0.151 e. The van der Waals surface area contributed by atoms with Crippen molar-refractivity contribution in [2.45, 2.75) is 6.92 Å². The molecule has 0 atom stereocenters. The van der Waals surface area contributed by atoms with Gasteiger partial charge in [-0.05, 0) is 36.8 Å². The van der Waals surface area contributed by atoms with Gasteiger partial charge in [-0.2, -0.15) is 4.99 Å². The summed E-state index contributed by atoms with van der Waals surface area (Å²) in [6.07, 6.45) is 0. The first-order valence-corrected chi connectivity index (χ1v) is 3.97. The lowest BCUT2D eigenvalue weighted by Crippen LogP contribution is -1.80. The molecule has 0 heterocycles. The van der Waals surface area contributed by atoms with Gasteiger partial charge in [-0.3, -0.25) is 0 Å². The fourth-order valence-corrected chi connectivity index (χ4v) is 1.03. The lowest BCUT2D eigenvalue weighted by Gasteiger charge is -1.99. The van der Waals surface area contributed by atoms with Crippen LogP contribution in [0.25, 0.3) is 0 Å². The highest BCUT2D eigenvalue weighted by molar-refractivity contribution is 7.78. The van der Waals surface area contributed by atoms with Crippen LogP contribution in [0.4, 0.5) is 10.1 Å². The summed E-state index contributed by atoms with van der Waals surface area (Å²) in [6, 6.07) is 2.74. The molecule has 0 saturated heterocycles. The van der Waals surface area contributed by atoms with Crippen LogP contribution in [-0.4, -0.2) is 5.16 Å². The predicted octanol–water partition coefficient (Wildman–Crippen LogP) is 3.52. The second-order valence-electron chi connectivity index (χ2n) is 2.26. The number of nitrogens with zero attached hydrogens (tertiary/aromatic N) is 1. The molecule has 0 aliphatic heterocycles. The zero-order valence-electron chi connectivity index (χ0n) is 6.27. The molecule has 0 N–H and O–H groups in total. The largest absolute Gasteiger partial charge is 0.205 e. The first kappa shape index (κ1) is 9.33. The summed E-state index contributed by atoms with van der Waals surface area (Å²) in [7, 11) is 0. The molecule has 4 heteroatoms. The third kappa shape index (κ3) is 1.89. The van der Waals surface area contributed by atoms with Gasteiger partial charge < -0.3 is 0 Å². The van der Waals surface area contributed by atoms with Crippen molar-refractivity contribution in [3.8, 4) is 0 Å². The summed E-state index contributed by atoms with van der Waals surface area (Å²) in [5.74, 6) is -0.483. The Hall–Kier alpha value is -0.760. The van der Waals surface area contributed by atoms with Crippen molar-refractivity contribution in [2.24, 2.45) is 4.99 Å². The van der Waals surface area contributed by atoms with Crippen molar-refractivity contribution in [1.82, 2.24) is 0 Å². The second kappa shape index (κ2) is 3.76. The minimum Gasteiger partial charge on any atom is -0.205 e. The van der Waals surface area contributed by atoms with Crippen LogP contribution in [-0.2, 0) is 0 Å². The Balaban J connectivity index is 3.32. The Labute approximate surface area is 79.9 Å². The molecule has 1 nitrogen and oxygen atoms in total. The van der Waals surface area contributed by atoms with Crippen LogP contribution < -0.4 is 0 Å². The Morgan fingerprint density at radius 3 is 2.83 bits per heavy atom. The first-order chi connectivity index (χ1) is 5.65. The minimum atomic E-state index is -0.483. The van der Waals surface area contributed by atoms with E-state index < -0.39 is 5.82 Å². The lowest BCUT2D eigenvalue weighted by molar-refractivity contribution is 0.630. The summed E-state index contributed by atoms with van der Waals surface area (Å²) in [5.41, 5.74) is 0.939. The van der Waals surface area contributed by atoms with Crippen LogP contribution in [0.1, 0.15) is 5.56 Å². The van der Waals surface area contributed by atoms with Crippen LogP contribution in [0.5, 0.6) is 0 Å². The van der Waals surface area contributed by atoms with Crippen LogP contribution in [0.2, 0.25) is 5.02 Å². The maximum atomic E-state index is 13.0. The Bertz CT molecular complexity index is 358. The third-order valence-corrected chi connectivity index (χ3v) is 1.89. The molecular formula is C8H5ClFNS. The number of isothiocyanates is 1. The van der Waals surface area contributed by atoms with Crippen molar-refractivity contribution < 1.29 is 4.39 Å². The van der Waals surface area contributed by atoms with E-state index in [4.69, 9.17) is 11.6 Å². The standard InChI is InChI=1S/C8H5ClFNS/c1-5-2-8(11-4-12)7(10)3-6(5)9/h2-3H,1H3. The fraction of sp³-hybridized carbons (Fsp3) is 0.125. The highest BCUT2D eigenvalue weighted by atomic mass is 35.5. The lowest BCUT2D eigenvalue weighted by atomic mass is 10.2. The van der Waals surface area contributed by atoms with Gasteiger partial charge in [0.15, 0.2) is 5.82 Å². The maximum absolute atomic E-state index is 13.0. The maximum Gasteiger partial charge on any atom is 0.151 e. The highest BCUT2D eigenvalue weighted by Gasteiger charge is 2.03. The van der Waals surface area contributed by atoms with E-state index in [0.29, 0.717) is 5.02 Å². The van der Waals surface area contributed by atoms with Crippen molar-refractivity contribution in [3.63, 3.8) is 0 Å². The van der Waals surface area contributed by atoms with Crippen LogP contribution in [0, 0.1) is 12.7 Å². The molecule has 0 amide bonds. The van der Waals surface area contributed by atoms with Crippen molar-refractivity contribution >= 4 is 34.7 Å². The Morgan fingerprint density at radius 2 is 2.25 bits per heavy atom. The molecule has 1 aromatic carbocycles. The van der Waals surface area contributed by atoms with Crippen LogP contribution >= 0.6 is 23.8 Å². The quantitative estimate of drug-likeness (QED) is 0.500. The van der Waals surface area contributed by atoms with Gasteiger partial charge in [-0.15, -0.1) is 0 Å². The average molecular weight is 202 g/mol. The van der Waals surface area contributed by atoms with Crippen LogP contribution in [0.15, 0.2) is 17.1 Å². The highest BCUT2D eigenvalue weighted by Crippen LogP contribution is 2.24. The van der Waals surface area contributed by atoms with Crippen molar-refractivity contribution in [1.29, 1.82) is 0 Å². The number of hydrogen-bond acceptors (Lipinski definition) is 2. The summed E-state index contributed by atoms with van der Waals surface area (Å²) in [6.45, 7) is 1.77. The molecule has 0 spiro atoms. The molecule has 1 rings (SSSR count). The molecule has 0 fully saturated rings. The van der Waals surface area contributed by atoms with E-state index in [0.717, 1.165) is 5.56 Å². The van der Waals surface area contributed by atoms with Gasteiger partial charge in [0.05, 0.1) is 5.16 Å². The SMILES string of the molecule is Cc1cc(N=C=S)c(F)cc1Cl. The zero-order chi connectivity index (χ0) is 9.14. The summed E-state index contributed by atoms with van der Waals surface area (Å²) >= 11 is 10.0. The zero-order valence-corrected chi connectivity index (χ0v) is 7.84. The molecular weight excluding hydrogens is 197 g/mol. The molecule has 0 unspecified atom stereocenters. The molecule has 0 aromatic heterocycles. The van der Waals surface area contributed by atoms with Gasteiger partial charge in [0, 0.05) is 5.02 Å². The molecule has 12 heavy (non-hydrogen) atoms. The molecule has 0 saturated carbocycles. The minimum absolute atomic E-state index is 0.173. The number of aryl methyl sites for hydroxylation is 1. The number of benzene rings is 1. The van der Waals surface area contributed by atoms with Crippen molar-refractivity contribution in [2.75, 3.05) is 0 Å². The molecule has 1 aromatic rings. The monoisotopic (exact) mass is 201 g/mol. The normalized spacial score (nSPS) is 9.25. The van der Waals surface area contributed by atoms with Gasteiger partial charge in [0.25, 0.3) is 0 Å². The molecule has 0 aliphatic rings. The molecule has 0 bridgehead atoms. The van der Waals surface area contributed by atoms with E-state index in [-0.39, 0.29) is 5.69 Å². The number of thiocarbonyl (C=S) groups is 1. The average Bonchev–Trinajstić information content (AvgIpc) is 2.01. The van der Waals surface area contributed by atoms with Gasteiger partial charge >= 0.3 is 0 Å². The Morgan fingerprint density at radius 1 is 1.58 bits per heavy atom. The topological polar surface area (TPSA) is 12.4 Å². The van der Waals surface area contributed by atoms with Gasteiger partial charge in [0.2, 0.25) is 0 Å². The number of hydrogen-bond donors (Lipinski definition) is 0. The van der Waals surface area contributed by atoms with E-state index in [1.807, 2.05) is 0 Å². The third-order valence-electron chi connectivity index (χ3n) is 1.39. The van der Waals surface area contributed by atoms with Crippen LogP contribution in [0.3, 0.4) is 0 Å². The molecule has 62 valence electrons. The molecule has 0 radical (unpaired) electrons. The van der Waals surface area contributed by atoms with Gasteiger partial charge in [0.1, 0.15) is 5.69 Å². The van der Waals surface area contributed by atoms with Gasteiger partial charge in [-0.1, -0.05) is 11.6 Å². The van der Waals surface area contributed by atoms with E-state index in [9.17, 15) is 4.39 Å². The summed E-state index contributed by atoms with van der Waals surface area (Å²) < 4.78 is 13.0. The van der Waals surface area contributed by atoms with E-state index >= 15 is 0 Å². The van der Waals surface area contributed by atoms with Gasteiger partial charge in [-0.25, -0.2) is 4.39 Å². The number of rotatable bonds is 1. The number of halogens is 2. The second-order valence-corrected chi connectivity index (χ2v) is 2.85. The Kier molecular flexibility index (Phi) is 2.93. The van der Waals surface area contributed by atoms with Crippen molar-refractivity contribution in [3.05, 3.63) is 28.5 Å². The summed E-state index contributed by atoms with van der Waals surface area (Å²) in [5, 5.41) is 2.48. The predicted molar refractivity (Wildman–Crippen MR) is 50.8 cm³/mol. The summed E-state index contributed by atoms with van der Waals surface area (Å²) in [4.78, 5) is 3.54. The first-order valence-electron chi connectivity index (χ1n) is 3.18. The van der Waals surface area contributed by atoms with E-state index in [1.165, 1.54) is 12.1 Å². The number of aliphatic imine (C=N–C) groups is 1.